The van der Waals surface area contributed by atoms with Gasteiger partial charge in [0, 0.05) is 19.8 Å². The second-order valence-corrected chi connectivity index (χ2v) is 6.72. The molecule has 0 heterocycles. The second kappa shape index (κ2) is 6.10. The number of nitrogens with two attached hydrogens (primary N) is 1. The molecule has 9 heteroatoms. The first-order valence-corrected chi connectivity index (χ1v) is 7.37. The Labute approximate surface area is 122 Å². The molecule has 0 aliphatic heterocycles. The zero-order chi connectivity index (χ0) is 16.4. The van der Waals surface area contributed by atoms with Gasteiger partial charge in [0.25, 0.3) is 0 Å². The summed E-state index contributed by atoms with van der Waals surface area (Å²) in [5, 5.41) is 11.8. The van der Waals surface area contributed by atoms with Gasteiger partial charge in [-0.15, -0.1) is 0 Å². The minimum atomic E-state index is -3.74. The van der Waals surface area contributed by atoms with Crippen LogP contribution in [0, 0.1) is 0 Å². The van der Waals surface area contributed by atoms with Crippen molar-refractivity contribution in [1.82, 2.24) is 4.31 Å². The fourth-order valence-electron chi connectivity index (χ4n) is 1.50. The molecule has 4 N–H and O–H groups in total. The third-order valence-electron chi connectivity index (χ3n) is 2.80. The number of carbonyl (C=O) groups excluding carboxylic acids is 1. The Balaban J connectivity index is 3.33. The van der Waals surface area contributed by atoms with Crippen LogP contribution in [0.1, 0.15) is 17.3 Å². The van der Waals surface area contributed by atoms with Gasteiger partial charge in [-0.25, -0.2) is 17.5 Å². The van der Waals surface area contributed by atoms with Crippen LogP contribution >= 0.6 is 0 Å². The van der Waals surface area contributed by atoms with Gasteiger partial charge in [0.15, 0.2) is 0 Å². The number of hydrogen-bond acceptors (Lipinski definition) is 5. The average Bonchev–Trinajstić information content (AvgIpc) is 2.38. The maximum Gasteiger partial charge on any atom is 0.337 e. The van der Waals surface area contributed by atoms with Gasteiger partial charge in [0.05, 0.1) is 10.5 Å². The lowest BCUT2D eigenvalue weighted by atomic mass is 10.1. The van der Waals surface area contributed by atoms with Crippen molar-refractivity contribution in [1.29, 1.82) is 0 Å². The van der Waals surface area contributed by atoms with E-state index in [0.29, 0.717) is 0 Å². The molecule has 1 unspecified atom stereocenters. The van der Waals surface area contributed by atoms with E-state index in [4.69, 9.17) is 5.73 Å². The first-order valence-electron chi connectivity index (χ1n) is 5.93. The molecule has 21 heavy (non-hydrogen) atoms. The summed E-state index contributed by atoms with van der Waals surface area (Å²) in [6.45, 7) is 1.47. The van der Waals surface area contributed by atoms with Crippen molar-refractivity contribution < 1.29 is 23.1 Å². The minimum Gasteiger partial charge on any atom is -0.478 e. The van der Waals surface area contributed by atoms with Gasteiger partial charge in [0.2, 0.25) is 15.9 Å². The standard InChI is InChI=1S/C12H17N3O5S/c1-7(11(13)16)14-10-5-4-8(6-9(10)12(17)18)21(19,20)15(2)3/h4-7,14H,1-3H3,(H2,13,16)(H,17,18). The number of amides is 1. The summed E-state index contributed by atoms with van der Waals surface area (Å²) in [7, 11) is -1.06. The normalized spacial score (nSPS) is 13.0. The van der Waals surface area contributed by atoms with Gasteiger partial charge in [-0.1, -0.05) is 0 Å². The number of primary amides is 1. The van der Waals surface area contributed by atoms with Gasteiger partial charge in [-0.2, -0.15) is 0 Å². The first kappa shape index (κ1) is 16.9. The fourth-order valence-corrected chi connectivity index (χ4v) is 2.43. The number of rotatable bonds is 6. The van der Waals surface area contributed by atoms with Crippen LogP contribution in [0.4, 0.5) is 5.69 Å². The third kappa shape index (κ3) is 3.70. The predicted molar refractivity (Wildman–Crippen MR) is 76.6 cm³/mol. The number of anilines is 1. The van der Waals surface area contributed by atoms with E-state index in [1.807, 2.05) is 0 Å². The number of carbonyl (C=O) groups is 2. The van der Waals surface area contributed by atoms with E-state index >= 15 is 0 Å². The summed E-state index contributed by atoms with van der Waals surface area (Å²) in [5.74, 6) is -1.97. The Morgan fingerprint density at radius 3 is 2.33 bits per heavy atom. The highest BCUT2D eigenvalue weighted by atomic mass is 32.2. The number of nitrogens with one attached hydrogen (secondary N) is 1. The van der Waals surface area contributed by atoms with Gasteiger partial charge >= 0.3 is 5.97 Å². The molecule has 0 aliphatic rings. The van der Waals surface area contributed by atoms with Crippen LogP contribution in [0.25, 0.3) is 0 Å². The molecule has 0 spiro atoms. The van der Waals surface area contributed by atoms with Gasteiger partial charge in [-0.05, 0) is 25.1 Å². The molecule has 0 fully saturated rings. The van der Waals surface area contributed by atoms with Crippen molar-refractivity contribution in [2.45, 2.75) is 17.9 Å². The molecule has 1 amide bonds. The molecular weight excluding hydrogens is 298 g/mol. The predicted octanol–water partition coefficient (Wildman–Crippen LogP) is -0.0792. The molecule has 0 saturated heterocycles. The second-order valence-electron chi connectivity index (χ2n) is 4.57. The molecule has 0 aliphatic carbocycles. The lowest BCUT2D eigenvalue weighted by Gasteiger charge is -2.16. The topological polar surface area (TPSA) is 130 Å². The van der Waals surface area contributed by atoms with E-state index in [9.17, 15) is 23.1 Å². The summed E-state index contributed by atoms with van der Waals surface area (Å²) < 4.78 is 25.0. The van der Waals surface area contributed by atoms with Crippen molar-refractivity contribution in [2.75, 3.05) is 19.4 Å². The minimum absolute atomic E-state index is 0.117. The van der Waals surface area contributed by atoms with Crippen molar-refractivity contribution in [2.24, 2.45) is 5.73 Å². The van der Waals surface area contributed by atoms with Crippen LogP contribution in [0.3, 0.4) is 0 Å². The largest absolute Gasteiger partial charge is 0.478 e. The summed E-state index contributed by atoms with van der Waals surface area (Å²) in [6, 6.07) is 2.80. The Bertz CT molecular complexity index is 669. The van der Waals surface area contributed by atoms with Crippen LogP contribution in [0.5, 0.6) is 0 Å². The van der Waals surface area contributed by atoms with Crippen LogP contribution in [0.15, 0.2) is 23.1 Å². The Morgan fingerprint density at radius 1 is 1.33 bits per heavy atom. The Morgan fingerprint density at radius 2 is 1.90 bits per heavy atom. The molecule has 1 aromatic carbocycles. The maximum absolute atomic E-state index is 12.0. The number of benzene rings is 1. The summed E-state index contributed by atoms with van der Waals surface area (Å²) in [5.41, 5.74) is 4.96. The zero-order valence-corrected chi connectivity index (χ0v) is 12.6. The molecule has 0 saturated carbocycles. The molecule has 0 aromatic heterocycles. The molecule has 1 rings (SSSR count). The van der Waals surface area contributed by atoms with Crippen LogP contribution < -0.4 is 11.1 Å². The molecule has 1 atom stereocenters. The molecule has 8 nitrogen and oxygen atoms in total. The lowest BCUT2D eigenvalue weighted by Crippen LogP contribution is -2.33. The lowest BCUT2D eigenvalue weighted by molar-refractivity contribution is -0.118. The number of carboxylic acids is 1. The highest BCUT2D eigenvalue weighted by Gasteiger charge is 2.22. The highest BCUT2D eigenvalue weighted by molar-refractivity contribution is 7.89. The van der Waals surface area contributed by atoms with Gasteiger partial charge < -0.3 is 16.2 Å². The number of nitrogens with zero attached hydrogens (tertiary/aromatic N) is 1. The molecular formula is C12H17N3O5S. The van der Waals surface area contributed by atoms with Gasteiger partial charge in [0.1, 0.15) is 6.04 Å². The summed E-state index contributed by atoms with van der Waals surface area (Å²) >= 11 is 0. The van der Waals surface area contributed by atoms with E-state index in [2.05, 4.69) is 5.32 Å². The number of sulfonamides is 1. The third-order valence-corrected chi connectivity index (χ3v) is 4.61. The smallest absolute Gasteiger partial charge is 0.337 e. The Hall–Kier alpha value is -2.13. The SMILES string of the molecule is CC(Nc1ccc(S(=O)(=O)N(C)C)cc1C(=O)O)C(N)=O. The van der Waals surface area contributed by atoms with E-state index < -0.39 is 27.9 Å². The van der Waals surface area contributed by atoms with Crippen LogP contribution in [0.2, 0.25) is 0 Å². The van der Waals surface area contributed by atoms with Crippen LogP contribution in [-0.2, 0) is 14.8 Å². The first-order chi connectivity index (χ1) is 9.57. The average molecular weight is 315 g/mol. The number of hydrogen-bond donors (Lipinski definition) is 3. The quantitative estimate of drug-likeness (QED) is 0.673. The van der Waals surface area contributed by atoms with Crippen molar-refractivity contribution >= 4 is 27.6 Å². The number of aromatic carboxylic acids is 1. The van der Waals surface area contributed by atoms with Crippen molar-refractivity contribution in [3.63, 3.8) is 0 Å². The van der Waals surface area contributed by atoms with Gasteiger partial charge in [-0.3, -0.25) is 4.79 Å². The van der Waals surface area contributed by atoms with E-state index in [1.165, 1.54) is 33.2 Å². The molecule has 1 aromatic rings. The fraction of sp³-hybridized carbons (Fsp3) is 0.333. The monoisotopic (exact) mass is 315 g/mol. The summed E-state index contributed by atoms with van der Waals surface area (Å²) in [6.07, 6.45) is 0. The maximum atomic E-state index is 12.0. The summed E-state index contributed by atoms with van der Waals surface area (Å²) in [4.78, 5) is 22.1. The van der Waals surface area contributed by atoms with Crippen LogP contribution in [-0.4, -0.2) is 49.8 Å². The number of carboxylic acid groups (broad SMARTS) is 1. The molecule has 0 bridgehead atoms. The zero-order valence-electron chi connectivity index (χ0n) is 11.8. The van der Waals surface area contributed by atoms with E-state index in [0.717, 1.165) is 10.4 Å². The van der Waals surface area contributed by atoms with E-state index in [-0.39, 0.29) is 16.1 Å². The molecule has 116 valence electrons. The Kier molecular flexibility index (Phi) is 4.92. The van der Waals surface area contributed by atoms with Crippen molar-refractivity contribution in [3.05, 3.63) is 23.8 Å². The van der Waals surface area contributed by atoms with E-state index in [1.54, 1.807) is 0 Å². The molecule has 0 radical (unpaired) electrons. The highest BCUT2D eigenvalue weighted by Crippen LogP contribution is 2.22. The van der Waals surface area contributed by atoms with Crippen molar-refractivity contribution in [3.8, 4) is 0 Å².